The second-order valence-corrected chi connectivity index (χ2v) is 8.64. The molecule has 16 heavy (non-hydrogen) atoms. The number of unbranched alkanes of at least 4 members (excludes halogenated alkanes) is 5. The van der Waals surface area contributed by atoms with E-state index in [0.29, 0.717) is 0 Å². The fraction of sp³-hybridized carbons (Fsp3) is 0.929. The average Bonchev–Trinajstić information content (AvgIpc) is 2.21. The highest BCUT2D eigenvalue weighted by Crippen LogP contribution is 2.46. The second-order valence-electron chi connectivity index (χ2n) is 5.10. The first-order valence-electron chi connectivity index (χ1n) is 6.72. The summed E-state index contributed by atoms with van der Waals surface area (Å²) in [7, 11) is 0.241. The largest absolute Gasteiger partial charge is 0.198 e. The smallest absolute Gasteiger partial charge is 0.0621 e. The quantitative estimate of drug-likeness (QED) is 0.404. The zero-order valence-electron chi connectivity index (χ0n) is 11.5. The average molecular weight is 241 g/mol. The molecule has 0 radical (unpaired) electrons. The highest BCUT2D eigenvalue weighted by atomic mass is 31.1. The topological polar surface area (TPSA) is 23.8 Å². The van der Waals surface area contributed by atoms with Crippen LogP contribution in [0.15, 0.2) is 0 Å². The minimum absolute atomic E-state index is 0.241. The summed E-state index contributed by atoms with van der Waals surface area (Å²) in [5, 5.41) is 8.42. The third-order valence-electron chi connectivity index (χ3n) is 3.03. The Morgan fingerprint density at radius 3 is 1.88 bits per heavy atom. The van der Waals surface area contributed by atoms with Crippen LogP contribution in [-0.4, -0.2) is 17.5 Å². The maximum absolute atomic E-state index is 8.42. The molecular weight excluding hydrogens is 213 g/mol. The van der Waals surface area contributed by atoms with Gasteiger partial charge in [0.2, 0.25) is 0 Å². The summed E-state index contributed by atoms with van der Waals surface area (Å²) < 4.78 is 0. The first kappa shape index (κ1) is 15.9. The molecule has 0 aromatic rings. The molecule has 0 aliphatic rings. The summed E-state index contributed by atoms with van der Waals surface area (Å²) >= 11 is 0. The summed E-state index contributed by atoms with van der Waals surface area (Å²) in [5.74, 6) is 0. The van der Waals surface area contributed by atoms with Gasteiger partial charge >= 0.3 is 0 Å². The Morgan fingerprint density at radius 1 is 0.875 bits per heavy atom. The molecule has 0 heterocycles. The maximum atomic E-state index is 8.42. The van der Waals surface area contributed by atoms with Crippen LogP contribution in [0.1, 0.15) is 66.2 Å². The number of rotatable bonds is 9. The van der Waals surface area contributed by atoms with Crippen molar-refractivity contribution < 1.29 is 0 Å². The first-order valence-corrected chi connectivity index (χ1v) is 8.38. The zero-order chi connectivity index (χ0) is 12.4. The Hall–Kier alpha value is -0.0800. The molecule has 0 aromatic carbocycles. The molecule has 0 amide bonds. The number of nitriles is 1. The van der Waals surface area contributed by atoms with Gasteiger partial charge in [0.05, 0.1) is 6.07 Å². The molecule has 0 N–H and O–H groups in total. The molecule has 0 saturated carbocycles. The van der Waals surface area contributed by atoms with Gasteiger partial charge in [0.1, 0.15) is 0 Å². The SMILES string of the molecule is CC(C)P(CCCCCCCC#N)C(C)C. The monoisotopic (exact) mass is 241 g/mol. The lowest BCUT2D eigenvalue weighted by molar-refractivity contribution is 0.640. The van der Waals surface area contributed by atoms with E-state index in [-0.39, 0.29) is 7.92 Å². The highest BCUT2D eigenvalue weighted by Gasteiger charge is 2.15. The summed E-state index contributed by atoms with van der Waals surface area (Å²) in [5.41, 5.74) is 1.77. The molecule has 0 fully saturated rings. The normalized spacial score (nSPS) is 11.4. The lowest BCUT2D eigenvalue weighted by Gasteiger charge is -2.25. The van der Waals surface area contributed by atoms with Crippen molar-refractivity contribution in [3.63, 3.8) is 0 Å². The third kappa shape index (κ3) is 8.12. The molecule has 0 aliphatic heterocycles. The highest BCUT2D eigenvalue weighted by molar-refractivity contribution is 7.59. The van der Waals surface area contributed by atoms with Crippen molar-refractivity contribution in [2.75, 3.05) is 6.16 Å². The maximum Gasteiger partial charge on any atom is 0.0621 e. The molecule has 0 aromatic heterocycles. The van der Waals surface area contributed by atoms with Crippen molar-refractivity contribution in [2.45, 2.75) is 77.5 Å². The molecule has 0 saturated heterocycles. The van der Waals surface area contributed by atoms with Crippen LogP contribution in [0.2, 0.25) is 0 Å². The van der Waals surface area contributed by atoms with Gasteiger partial charge in [-0.25, -0.2) is 0 Å². The van der Waals surface area contributed by atoms with Gasteiger partial charge in [-0.2, -0.15) is 5.26 Å². The number of nitrogens with zero attached hydrogens (tertiary/aromatic N) is 1. The van der Waals surface area contributed by atoms with E-state index in [1.807, 2.05) is 0 Å². The molecule has 0 spiro atoms. The molecule has 0 unspecified atom stereocenters. The molecule has 0 aliphatic carbocycles. The van der Waals surface area contributed by atoms with Gasteiger partial charge in [-0.05, 0) is 30.3 Å². The van der Waals surface area contributed by atoms with Crippen LogP contribution >= 0.6 is 7.92 Å². The van der Waals surface area contributed by atoms with Crippen LogP contribution in [0.4, 0.5) is 0 Å². The van der Waals surface area contributed by atoms with E-state index in [0.717, 1.165) is 24.2 Å². The van der Waals surface area contributed by atoms with Crippen LogP contribution in [0, 0.1) is 11.3 Å². The lowest BCUT2D eigenvalue weighted by atomic mass is 10.1. The van der Waals surface area contributed by atoms with Crippen LogP contribution in [0.3, 0.4) is 0 Å². The molecule has 0 rings (SSSR count). The van der Waals surface area contributed by atoms with Gasteiger partial charge in [-0.15, -0.1) is 7.92 Å². The predicted octanol–water partition coefficient (Wildman–Crippen LogP) is 5.15. The fourth-order valence-corrected chi connectivity index (χ4v) is 4.96. The van der Waals surface area contributed by atoms with Crippen LogP contribution in [0.25, 0.3) is 0 Å². The van der Waals surface area contributed by atoms with Crippen LogP contribution in [-0.2, 0) is 0 Å². The predicted molar refractivity (Wildman–Crippen MR) is 75.4 cm³/mol. The Morgan fingerprint density at radius 2 is 1.38 bits per heavy atom. The van der Waals surface area contributed by atoms with E-state index in [4.69, 9.17) is 5.26 Å². The summed E-state index contributed by atoms with van der Waals surface area (Å²) in [6.45, 7) is 9.49. The van der Waals surface area contributed by atoms with E-state index < -0.39 is 0 Å². The minimum atomic E-state index is 0.241. The molecule has 0 bridgehead atoms. The second kappa shape index (κ2) is 10.1. The Bertz CT molecular complexity index is 185. The molecule has 2 heteroatoms. The molecule has 0 atom stereocenters. The van der Waals surface area contributed by atoms with Crippen molar-refractivity contribution >= 4 is 7.92 Å². The van der Waals surface area contributed by atoms with Crippen molar-refractivity contribution in [3.05, 3.63) is 0 Å². The van der Waals surface area contributed by atoms with Gasteiger partial charge in [-0.1, -0.05) is 47.0 Å². The van der Waals surface area contributed by atoms with E-state index in [2.05, 4.69) is 33.8 Å². The lowest BCUT2D eigenvalue weighted by Crippen LogP contribution is -2.06. The summed E-state index contributed by atoms with van der Waals surface area (Å²) in [6, 6.07) is 2.21. The number of hydrogen-bond acceptors (Lipinski definition) is 1. The van der Waals surface area contributed by atoms with E-state index in [1.54, 1.807) is 0 Å². The fourth-order valence-electron chi connectivity index (χ4n) is 2.14. The minimum Gasteiger partial charge on any atom is -0.198 e. The number of hydrogen-bond donors (Lipinski definition) is 0. The van der Waals surface area contributed by atoms with Crippen LogP contribution < -0.4 is 0 Å². The van der Waals surface area contributed by atoms with E-state index in [1.165, 1.54) is 31.8 Å². The first-order chi connectivity index (χ1) is 7.59. The van der Waals surface area contributed by atoms with Crippen molar-refractivity contribution in [1.82, 2.24) is 0 Å². The Kier molecular flexibility index (Phi) is 10.0. The van der Waals surface area contributed by atoms with Crippen LogP contribution in [0.5, 0.6) is 0 Å². The standard InChI is InChI=1S/C14H28NP/c1-13(2)16(14(3)4)12-10-8-6-5-7-9-11-15/h13-14H,5-10,12H2,1-4H3. The van der Waals surface area contributed by atoms with Gasteiger partial charge in [0, 0.05) is 6.42 Å². The summed E-state index contributed by atoms with van der Waals surface area (Å²) in [6.07, 6.45) is 8.61. The van der Waals surface area contributed by atoms with Gasteiger partial charge in [0.25, 0.3) is 0 Å². The third-order valence-corrected chi connectivity index (χ3v) is 6.52. The van der Waals surface area contributed by atoms with Gasteiger partial charge < -0.3 is 0 Å². The summed E-state index contributed by atoms with van der Waals surface area (Å²) in [4.78, 5) is 0. The van der Waals surface area contributed by atoms with E-state index >= 15 is 0 Å². The van der Waals surface area contributed by atoms with Crippen molar-refractivity contribution in [2.24, 2.45) is 0 Å². The molecular formula is C14H28NP. The Labute approximate surface area is 103 Å². The van der Waals surface area contributed by atoms with Crippen molar-refractivity contribution in [3.8, 4) is 6.07 Å². The zero-order valence-corrected chi connectivity index (χ0v) is 12.4. The van der Waals surface area contributed by atoms with Gasteiger partial charge in [0.15, 0.2) is 0 Å². The van der Waals surface area contributed by atoms with Crippen molar-refractivity contribution in [1.29, 1.82) is 5.26 Å². The molecule has 1 nitrogen and oxygen atoms in total. The van der Waals surface area contributed by atoms with E-state index in [9.17, 15) is 0 Å². The van der Waals surface area contributed by atoms with Gasteiger partial charge in [-0.3, -0.25) is 0 Å². The molecule has 94 valence electrons. The Balaban J connectivity index is 3.45.